The lowest BCUT2D eigenvalue weighted by molar-refractivity contribution is -0.122. The summed E-state index contributed by atoms with van der Waals surface area (Å²) in [4.78, 5) is 12.2. The molecule has 6 nitrogen and oxygen atoms in total. The molecule has 26 heavy (non-hydrogen) atoms. The maximum Gasteiger partial charge on any atom is 0.241 e. The molecule has 0 bridgehead atoms. The SMILES string of the molecule is CCOc1ccc(S(=O)(=O)N[C@H](C)C(=O)NCCc2ccccc2)cc1. The summed E-state index contributed by atoms with van der Waals surface area (Å²) in [7, 11) is -3.78. The Morgan fingerprint density at radius 1 is 1.08 bits per heavy atom. The molecule has 0 saturated carbocycles. The third kappa shape index (κ3) is 5.86. The first kappa shape index (κ1) is 19.9. The topological polar surface area (TPSA) is 84.5 Å². The number of carbonyl (C=O) groups excluding carboxylic acids is 1. The van der Waals surface area contributed by atoms with Gasteiger partial charge >= 0.3 is 0 Å². The van der Waals surface area contributed by atoms with Gasteiger partial charge in [0, 0.05) is 6.54 Å². The molecule has 1 atom stereocenters. The summed E-state index contributed by atoms with van der Waals surface area (Å²) in [6.07, 6.45) is 0.685. The van der Waals surface area contributed by atoms with Crippen molar-refractivity contribution in [1.82, 2.24) is 10.0 Å². The van der Waals surface area contributed by atoms with Crippen molar-refractivity contribution in [3.05, 3.63) is 60.2 Å². The Morgan fingerprint density at radius 3 is 2.35 bits per heavy atom. The molecule has 0 aliphatic carbocycles. The zero-order valence-electron chi connectivity index (χ0n) is 14.9. The molecule has 2 rings (SSSR count). The van der Waals surface area contributed by atoms with Crippen LogP contribution in [0.4, 0.5) is 0 Å². The number of ether oxygens (including phenoxy) is 1. The van der Waals surface area contributed by atoms with Gasteiger partial charge in [-0.15, -0.1) is 0 Å². The normalized spacial score (nSPS) is 12.4. The zero-order chi connectivity index (χ0) is 19.0. The van der Waals surface area contributed by atoms with Gasteiger partial charge in [-0.3, -0.25) is 4.79 Å². The van der Waals surface area contributed by atoms with Crippen LogP contribution >= 0.6 is 0 Å². The Balaban J connectivity index is 1.88. The molecule has 2 aromatic rings. The monoisotopic (exact) mass is 376 g/mol. The highest BCUT2D eigenvalue weighted by Gasteiger charge is 2.21. The van der Waals surface area contributed by atoms with E-state index in [1.807, 2.05) is 37.3 Å². The summed E-state index contributed by atoms with van der Waals surface area (Å²) in [5, 5.41) is 2.74. The Labute approximate surface area is 154 Å². The molecule has 0 aliphatic heterocycles. The van der Waals surface area contributed by atoms with Crippen LogP contribution in [0.1, 0.15) is 19.4 Å². The van der Waals surface area contributed by atoms with E-state index in [1.165, 1.54) is 19.1 Å². The maximum atomic E-state index is 12.4. The van der Waals surface area contributed by atoms with E-state index in [0.29, 0.717) is 25.3 Å². The fourth-order valence-corrected chi connectivity index (χ4v) is 3.57. The predicted molar refractivity (Wildman–Crippen MR) is 101 cm³/mol. The Morgan fingerprint density at radius 2 is 1.73 bits per heavy atom. The molecule has 1 amide bonds. The van der Waals surface area contributed by atoms with Crippen molar-refractivity contribution in [3.63, 3.8) is 0 Å². The molecule has 0 unspecified atom stereocenters. The summed E-state index contributed by atoms with van der Waals surface area (Å²) in [6.45, 7) is 4.32. The van der Waals surface area contributed by atoms with E-state index in [-0.39, 0.29) is 10.8 Å². The van der Waals surface area contributed by atoms with Gasteiger partial charge in [0.1, 0.15) is 5.75 Å². The average molecular weight is 376 g/mol. The highest BCUT2D eigenvalue weighted by Crippen LogP contribution is 2.16. The summed E-state index contributed by atoms with van der Waals surface area (Å²) in [6, 6.07) is 15.0. The van der Waals surface area contributed by atoms with E-state index >= 15 is 0 Å². The van der Waals surface area contributed by atoms with E-state index in [2.05, 4.69) is 10.0 Å². The van der Waals surface area contributed by atoms with E-state index in [0.717, 1.165) is 5.56 Å². The van der Waals surface area contributed by atoms with Gasteiger partial charge in [0.25, 0.3) is 0 Å². The lowest BCUT2D eigenvalue weighted by Crippen LogP contribution is -2.45. The summed E-state index contributed by atoms with van der Waals surface area (Å²) in [5.74, 6) is 0.230. The molecule has 0 radical (unpaired) electrons. The van der Waals surface area contributed by atoms with Crippen LogP contribution in [0.15, 0.2) is 59.5 Å². The van der Waals surface area contributed by atoms with Crippen LogP contribution in [0.3, 0.4) is 0 Å². The molecule has 0 heterocycles. The van der Waals surface area contributed by atoms with Gasteiger partial charge in [0.15, 0.2) is 0 Å². The minimum absolute atomic E-state index is 0.0879. The van der Waals surface area contributed by atoms with Crippen molar-refractivity contribution >= 4 is 15.9 Å². The molecular weight excluding hydrogens is 352 g/mol. The van der Waals surface area contributed by atoms with Gasteiger partial charge in [0.05, 0.1) is 17.5 Å². The van der Waals surface area contributed by atoms with Gasteiger partial charge in [-0.2, -0.15) is 4.72 Å². The first-order chi connectivity index (χ1) is 12.4. The van der Waals surface area contributed by atoms with Gasteiger partial charge < -0.3 is 10.1 Å². The molecule has 2 aromatic carbocycles. The molecule has 0 saturated heterocycles. The Hall–Kier alpha value is -2.38. The largest absolute Gasteiger partial charge is 0.494 e. The summed E-state index contributed by atoms with van der Waals surface area (Å²) >= 11 is 0. The third-order valence-corrected chi connectivity index (χ3v) is 5.28. The minimum Gasteiger partial charge on any atom is -0.494 e. The van der Waals surface area contributed by atoms with Crippen molar-refractivity contribution < 1.29 is 17.9 Å². The van der Waals surface area contributed by atoms with Gasteiger partial charge in [-0.05, 0) is 50.1 Å². The Bertz CT molecular complexity index is 805. The lowest BCUT2D eigenvalue weighted by atomic mass is 10.1. The number of benzene rings is 2. The highest BCUT2D eigenvalue weighted by molar-refractivity contribution is 7.89. The first-order valence-electron chi connectivity index (χ1n) is 8.49. The number of rotatable bonds is 9. The van der Waals surface area contributed by atoms with Crippen molar-refractivity contribution in [1.29, 1.82) is 0 Å². The van der Waals surface area contributed by atoms with Crippen molar-refractivity contribution in [3.8, 4) is 5.75 Å². The van der Waals surface area contributed by atoms with Crippen LogP contribution in [0.5, 0.6) is 5.75 Å². The summed E-state index contributed by atoms with van der Waals surface area (Å²) < 4.78 is 32.4. The minimum atomic E-state index is -3.78. The van der Waals surface area contributed by atoms with Crippen LogP contribution in [0, 0.1) is 0 Å². The smallest absolute Gasteiger partial charge is 0.241 e. The molecule has 0 aromatic heterocycles. The second-order valence-corrected chi connectivity index (χ2v) is 7.49. The van der Waals surface area contributed by atoms with E-state index in [1.54, 1.807) is 12.1 Å². The number of carbonyl (C=O) groups is 1. The molecule has 140 valence electrons. The predicted octanol–water partition coefficient (Wildman–Crippen LogP) is 2.11. The fraction of sp³-hybridized carbons (Fsp3) is 0.316. The van der Waals surface area contributed by atoms with E-state index < -0.39 is 16.1 Å². The van der Waals surface area contributed by atoms with Crippen LogP contribution in [0.2, 0.25) is 0 Å². The quantitative estimate of drug-likeness (QED) is 0.702. The molecule has 7 heteroatoms. The highest BCUT2D eigenvalue weighted by atomic mass is 32.2. The van der Waals surface area contributed by atoms with Crippen LogP contribution in [-0.2, 0) is 21.2 Å². The molecule has 0 fully saturated rings. The Kier molecular flexibility index (Phi) is 7.17. The van der Waals surface area contributed by atoms with Crippen LogP contribution in [-0.4, -0.2) is 33.5 Å². The van der Waals surface area contributed by atoms with Crippen LogP contribution < -0.4 is 14.8 Å². The molecule has 0 aliphatic rings. The molecule has 2 N–H and O–H groups in total. The van der Waals surface area contributed by atoms with Crippen molar-refractivity contribution in [2.45, 2.75) is 31.2 Å². The number of hydrogen-bond donors (Lipinski definition) is 2. The zero-order valence-corrected chi connectivity index (χ0v) is 15.8. The maximum absolute atomic E-state index is 12.4. The van der Waals surface area contributed by atoms with Gasteiger partial charge in [0.2, 0.25) is 15.9 Å². The average Bonchev–Trinajstić information content (AvgIpc) is 2.63. The first-order valence-corrected chi connectivity index (χ1v) is 9.97. The second-order valence-electron chi connectivity index (χ2n) is 5.77. The van der Waals surface area contributed by atoms with Gasteiger partial charge in [-0.1, -0.05) is 30.3 Å². The van der Waals surface area contributed by atoms with Gasteiger partial charge in [-0.25, -0.2) is 8.42 Å². The van der Waals surface area contributed by atoms with Crippen LogP contribution in [0.25, 0.3) is 0 Å². The number of hydrogen-bond acceptors (Lipinski definition) is 4. The van der Waals surface area contributed by atoms with Crippen molar-refractivity contribution in [2.24, 2.45) is 0 Å². The lowest BCUT2D eigenvalue weighted by Gasteiger charge is -2.15. The third-order valence-electron chi connectivity index (χ3n) is 3.73. The number of nitrogens with one attached hydrogen (secondary N) is 2. The standard InChI is InChI=1S/C19H24N2O4S/c1-3-25-17-9-11-18(12-10-17)26(23,24)21-15(2)19(22)20-14-13-16-7-5-4-6-8-16/h4-12,15,21H,3,13-14H2,1-2H3,(H,20,22)/t15-/m1/s1. The molecule has 0 spiro atoms. The number of sulfonamides is 1. The van der Waals surface area contributed by atoms with E-state index in [4.69, 9.17) is 4.74 Å². The van der Waals surface area contributed by atoms with E-state index in [9.17, 15) is 13.2 Å². The summed E-state index contributed by atoms with van der Waals surface area (Å²) in [5.41, 5.74) is 1.11. The van der Waals surface area contributed by atoms with Crippen molar-refractivity contribution in [2.75, 3.05) is 13.2 Å². The molecular formula is C19H24N2O4S. The fourth-order valence-electron chi connectivity index (χ4n) is 2.36. The number of amides is 1. The second kappa shape index (κ2) is 9.35.